The molecule has 3 nitrogen and oxygen atoms in total. The number of hydrogen-bond acceptors (Lipinski definition) is 4. The number of thiazole rings is 1. The maximum Gasteiger partial charge on any atom is 0.163 e. The number of carbonyl (C=O) groups is 1. The molecule has 0 saturated carbocycles. The van der Waals surface area contributed by atoms with Crippen LogP contribution in [0.4, 0.5) is 5.82 Å². The Hall–Kier alpha value is -1.68. The molecule has 0 amide bonds. The minimum Gasteiger partial charge on any atom is -0.382 e. The summed E-state index contributed by atoms with van der Waals surface area (Å²) in [5.41, 5.74) is 6.54. The molecule has 2 rings (SSSR count). The number of nitrogens with two attached hydrogens (primary N) is 1. The van der Waals surface area contributed by atoms with Gasteiger partial charge in [0.1, 0.15) is 15.7 Å². The van der Waals surface area contributed by atoms with Gasteiger partial charge in [0.05, 0.1) is 0 Å². The zero-order valence-electron chi connectivity index (χ0n) is 7.31. The van der Waals surface area contributed by atoms with Gasteiger partial charge in [-0.05, 0) is 0 Å². The fraction of sp³-hybridized carbons (Fsp3) is 0. The topological polar surface area (TPSA) is 56.0 Å². The standard InChI is InChI=1S/C10H8N2OS/c11-9-8(6-13)14-10(12-9)7-4-2-1-3-5-7/h1-6H,11H2. The summed E-state index contributed by atoms with van der Waals surface area (Å²) in [6.45, 7) is 0. The quantitative estimate of drug-likeness (QED) is 0.763. The Morgan fingerprint density at radius 1 is 1.29 bits per heavy atom. The van der Waals surface area contributed by atoms with E-state index in [1.165, 1.54) is 11.3 Å². The average Bonchev–Trinajstić information content (AvgIpc) is 2.61. The van der Waals surface area contributed by atoms with Crippen LogP contribution in [0, 0.1) is 0 Å². The lowest BCUT2D eigenvalue weighted by Crippen LogP contribution is -1.88. The number of nitrogens with zero attached hydrogens (tertiary/aromatic N) is 1. The molecule has 0 unspecified atom stereocenters. The minimum absolute atomic E-state index is 0.309. The molecule has 14 heavy (non-hydrogen) atoms. The molecule has 0 aliphatic heterocycles. The molecule has 0 radical (unpaired) electrons. The summed E-state index contributed by atoms with van der Waals surface area (Å²) in [6.07, 6.45) is 0.736. The van der Waals surface area contributed by atoms with Crippen molar-refractivity contribution < 1.29 is 4.79 Å². The molecule has 0 aliphatic carbocycles. The summed E-state index contributed by atoms with van der Waals surface area (Å²) >= 11 is 1.31. The van der Waals surface area contributed by atoms with Crippen LogP contribution in [-0.4, -0.2) is 11.3 Å². The molecule has 2 aromatic rings. The van der Waals surface area contributed by atoms with E-state index in [2.05, 4.69) is 4.98 Å². The number of benzene rings is 1. The zero-order valence-corrected chi connectivity index (χ0v) is 8.12. The van der Waals surface area contributed by atoms with Crippen LogP contribution in [0.15, 0.2) is 30.3 Å². The van der Waals surface area contributed by atoms with Gasteiger partial charge in [0.15, 0.2) is 6.29 Å². The van der Waals surface area contributed by atoms with Crippen molar-refractivity contribution in [3.05, 3.63) is 35.2 Å². The lowest BCUT2D eigenvalue weighted by molar-refractivity contribution is 0.112. The number of nitrogen functional groups attached to an aromatic ring is 1. The van der Waals surface area contributed by atoms with Gasteiger partial charge in [-0.25, -0.2) is 4.98 Å². The molecule has 0 saturated heterocycles. The molecule has 0 spiro atoms. The molecule has 1 heterocycles. The lowest BCUT2D eigenvalue weighted by atomic mass is 10.2. The van der Waals surface area contributed by atoms with Crippen molar-refractivity contribution >= 4 is 23.4 Å². The van der Waals surface area contributed by atoms with Crippen molar-refractivity contribution in [1.29, 1.82) is 0 Å². The highest BCUT2D eigenvalue weighted by molar-refractivity contribution is 7.17. The van der Waals surface area contributed by atoms with E-state index in [4.69, 9.17) is 5.73 Å². The fourth-order valence-electron chi connectivity index (χ4n) is 1.13. The molecule has 70 valence electrons. The van der Waals surface area contributed by atoms with E-state index in [-0.39, 0.29) is 0 Å². The van der Waals surface area contributed by atoms with Crippen LogP contribution in [0.25, 0.3) is 10.6 Å². The van der Waals surface area contributed by atoms with Crippen molar-refractivity contribution in [1.82, 2.24) is 4.98 Å². The second-order valence-corrected chi connectivity index (χ2v) is 3.78. The van der Waals surface area contributed by atoms with Crippen LogP contribution in [0.5, 0.6) is 0 Å². The first-order chi connectivity index (χ1) is 6.81. The SMILES string of the molecule is Nc1nc(-c2ccccc2)sc1C=O. The average molecular weight is 204 g/mol. The van der Waals surface area contributed by atoms with Crippen LogP contribution < -0.4 is 5.73 Å². The minimum atomic E-state index is 0.309. The summed E-state index contributed by atoms with van der Waals surface area (Å²) in [6, 6.07) is 9.65. The maximum absolute atomic E-state index is 10.6. The molecule has 0 aliphatic rings. The largest absolute Gasteiger partial charge is 0.382 e. The van der Waals surface area contributed by atoms with Gasteiger partial charge in [0.25, 0.3) is 0 Å². The Kier molecular flexibility index (Phi) is 2.28. The Balaban J connectivity index is 2.48. The van der Waals surface area contributed by atoms with Gasteiger partial charge in [0.2, 0.25) is 0 Å². The summed E-state index contributed by atoms with van der Waals surface area (Å²) in [4.78, 5) is 15.2. The zero-order chi connectivity index (χ0) is 9.97. The third kappa shape index (κ3) is 1.52. The second kappa shape index (κ2) is 3.59. The number of carbonyl (C=O) groups excluding carboxylic acids is 1. The molecule has 0 fully saturated rings. The Morgan fingerprint density at radius 2 is 2.00 bits per heavy atom. The molecule has 0 bridgehead atoms. The molecule has 2 N–H and O–H groups in total. The van der Waals surface area contributed by atoms with Crippen LogP contribution >= 0.6 is 11.3 Å². The summed E-state index contributed by atoms with van der Waals surface area (Å²) < 4.78 is 0. The van der Waals surface area contributed by atoms with Gasteiger partial charge >= 0.3 is 0 Å². The monoisotopic (exact) mass is 204 g/mol. The van der Waals surface area contributed by atoms with E-state index >= 15 is 0 Å². The highest BCUT2D eigenvalue weighted by atomic mass is 32.1. The summed E-state index contributed by atoms with van der Waals surface area (Å²) in [7, 11) is 0. The highest BCUT2D eigenvalue weighted by Crippen LogP contribution is 2.27. The van der Waals surface area contributed by atoms with Gasteiger partial charge in [-0.1, -0.05) is 30.3 Å². The Labute approximate surface area is 85.2 Å². The molecule has 4 heteroatoms. The normalized spacial score (nSPS) is 10.0. The maximum atomic E-state index is 10.6. The van der Waals surface area contributed by atoms with Crippen molar-refractivity contribution in [3.63, 3.8) is 0 Å². The number of aromatic nitrogens is 1. The molecule has 0 atom stereocenters. The Bertz CT molecular complexity index is 450. The fourth-order valence-corrected chi connectivity index (χ4v) is 1.94. The second-order valence-electron chi connectivity index (χ2n) is 2.75. The van der Waals surface area contributed by atoms with Crippen LogP contribution in [-0.2, 0) is 0 Å². The van der Waals surface area contributed by atoms with Gasteiger partial charge in [-0.2, -0.15) is 0 Å². The first-order valence-corrected chi connectivity index (χ1v) is 4.90. The smallest absolute Gasteiger partial charge is 0.163 e. The number of anilines is 1. The molecule has 1 aromatic heterocycles. The van der Waals surface area contributed by atoms with E-state index in [0.717, 1.165) is 16.9 Å². The van der Waals surface area contributed by atoms with Gasteiger partial charge in [-0.3, -0.25) is 4.79 Å². The molecular formula is C10H8N2OS. The number of hydrogen-bond donors (Lipinski definition) is 1. The van der Waals surface area contributed by atoms with Gasteiger partial charge in [-0.15, -0.1) is 11.3 Å². The van der Waals surface area contributed by atoms with E-state index in [1.54, 1.807) is 0 Å². The Morgan fingerprint density at radius 3 is 2.57 bits per heavy atom. The van der Waals surface area contributed by atoms with Crippen LogP contribution in [0.1, 0.15) is 9.67 Å². The van der Waals surface area contributed by atoms with Crippen LogP contribution in [0.2, 0.25) is 0 Å². The predicted octanol–water partition coefficient (Wildman–Crippen LogP) is 2.20. The van der Waals surface area contributed by atoms with Crippen LogP contribution in [0.3, 0.4) is 0 Å². The predicted molar refractivity (Wildman–Crippen MR) is 57.3 cm³/mol. The van der Waals surface area contributed by atoms with Gasteiger partial charge in [0, 0.05) is 5.56 Å². The summed E-state index contributed by atoms with van der Waals surface area (Å²) in [5.74, 6) is 0.309. The summed E-state index contributed by atoms with van der Waals surface area (Å²) in [5, 5.41) is 0.783. The van der Waals surface area contributed by atoms with E-state index in [0.29, 0.717) is 10.7 Å². The lowest BCUT2D eigenvalue weighted by Gasteiger charge is -1.92. The van der Waals surface area contributed by atoms with Gasteiger partial charge < -0.3 is 5.73 Å². The molecular weight excluding hydrogens is 196 g/mol. The van der Waals surface area contributed by atoms with Crippen molar-refractivity contribution in [2.75, 3.05) is 5.73 Å². The van der Waals surface area contributed by atoms with Crippen molar-refractivity contribution in [2.45, 2.75) is 0 Å². The first kappa shape index (κ1) is 8.90. The third-order valence-corrected chi connectivity index (χ3v) is 2.85. The number of rotatable bonds is 2. The van der Waals surface area contributed by atoms with Crippen molar-refractivity contribution in [3.8, 4) is 10.6 Å². The van der Waals surface area contributed by atoms with Crippen molar-refractivity contribution in [2.24, 2.45) is 0 Å². The van der Waals surface area contributed by atoms with E-state index in [9.17, 15) is 4.79 Å². The first-order valence-electron chi connectivity index (χ1n) is 4.08. The highest BCUT2D eigenvalue weighted by Gasteiger charge is 2.08. The molecule has 1 aromatic carbocycles. The number of aldehydes is 1. The third-order valence-electron chi connectivity index (χ3n) is 1.81. The van der Waals surface area contributed by atoms with E-state index in [1.807, 2.05) is 30.3 Å². The van der Waals surface area contributed by atoms with E-state index < -0.39 is 0 Å².